The van der Waals surface area contributed by atoms with Crippen molar-refractivity contribution in [3.05, 3.63) is 18.0 Å². The molecule has 1 atom stereocenters. The van der Waals surface area contributed by atoms with Gasteiger partial charge in [-0.2, -0.15) is 0 Å². The van der Waals surface area contributed by atoms with Crippen LogP contribution >= 0.6 is 0 Å². The largest absolute Gasteiger partial charge is 0.480 e. The number of carboxylic acids is 1. The van der Waals surface area contributed by atoms with Crippen LogP contribution in [0, 0.1) is 0 Å². The molecule has 0 aromatic carbocycles. The van der Waals surface area contributed by atoms with Crippen LogP contribution in [-0.4, -0.2) is 57.0 Å². The van der Waals surface area contributed by atoms with Crippen LogP contribution in [0.5, 0.6) is 0 Å². The summed E-state index contributed by atoms with van der Waals surface area (Å²) in [6, 6.07) is 0.736. The fourth-order valence-corrected chi connectivity index (χ4v) is 2.80. The molecule has 2 aliphatic rings. The molecule has 0 bridgehead atoms. The van der Waals surface area contributed by atoms with Gasteiger partial charge in [-0.1, -0.05) is 0 Å². The lowest BCUT2D eigenvalue weighted by Crippen LogP contribution is -2.45. The molecule has 2 fully saturated rings. The second-order valence-electron chi connectivity index (χ2n) is 5.89. The molecule has 7 nitrogen and oxygen atoms in total. The maximum Gasteiger partial charge on any atom is 0.326 e. The standard InChI is InChI=1S/C15H20N4O3/c1-10(14(21)22)19(11-4-5-11)13(20)12-6-7-16-15(17-12)18-8-2-3-9-18/h6-7,10-11H,2-5,8-9H2,1H3,(H,21,22). The van der Waals surface area contributed by atoms with E-state index in [2.05, 4.69) is 14.9 Å². The number of carbonyl (C=O) groups excluding carboxylic acids is 1. The minimum Gasteiger partial charge on any atom is -0.480 e. The van der Waals surface area contributed by atoms with Crippen molar-refractivity contribution in [2.75, 3.05) is 18.0 Å². The molecule has 22 heavy (non-hydrogen) atoms. The van der Waals surface area contributed by atoms with E-state index in [0.29, 0.717) is 5.95 Å². The van der Waals surface area contributed by atoms with Crippen LogP contribution in [0.1, 0.15) is 43.1 Å². The number of hydrogen-bond donors (Lipinski definition) is 1. The Kier molecular flexibility index (Phi) is 3.96. The zero-order valence-electron chi connectivity index (χ0n) is 12.6. The molecule has 1 aliphatic heterocycles. The molecular weight excluding hydrogens is 284 g/mol. The van der Waals surface area contributed by atoms with Crippen molar-refractivity contribution in [1.29, 1.82) is 0 Å². The Hall–Kier alpha value is -2.18. The summed E-state index contributed by atoms with van der Waals surface area (Å²) >= 11 is 0. The van der Waals surface area contributed by atoms with E-state index in [1.807, 2.05) is 0 Å². The fourth-order valence-electron chi connectivity index (χ4n) is 2.80. The number of anilines is 1. The van der Waals surface area contributed by atoms with Crippen LogP contribution in [0.15, 0.2) is 12.3 Å². The minimum absolute atomic E-state index is 0.0174. The smallest absolute Gasteiger partial charge is 0.326 e. The molecule has 118 valence electrons. The molecule has 1 aliphatic carbocycles. The zero-order chi connectivity index (χ0) is 15.7. The van der Waals surface area contributed by atoms with Crippen molar-refractivity contribution in [1.82, 2.24) is 14.9 Å². The quantitative estimate of drug-likeness (QED) is 0.878. The molecule has 7 heteroatoms. The van der Waals surface area contributed by atoms with Crippen molar-refractivity contribution in [2.45, 2.75) is 44.7 Å². The number of carboxylic acid groups (broad SMARTS) is 1. The first-order chi connectivity index (χ1) is 10.6. The van der Waals surface area contributed by atoms with Crippen LogP contribution < -0.4 is 4.90 Å². The Morgan fingerprint density at radius 1 is 1.36 bits per heavy atom. The third kappa shape index (κ3) is 2.88. The number of carbonyl (C=O) groups is 2. The van der Waals surface area contributed by atoms with E-state index in [-0.39, 0.29) is 17.6 Å². The first-order valence-electron chi connectivity index (χ1n) is 7.71. The third-order valence-corrected chi connectivity index (χ3v) is 4.20. The summed E-state index contributed by atoms with van der Waals surface area (Å²) in [6.45, 7) is 3.34. The molecule has 1 aromatic heterocycles. The summed E-state index contributed by atoms with van der Waals surface area (Å²) in [5.41, 5.74) is 0.275. The molecule has 0 spiro atoms. The summed E-state index contributed by atoms with van der Waals surface area (Å²) in [5.74, 6) is -0.753. The molecule has 1 N–H and O–H groups in total. The number of hydrogen-bond acceptors (Lipinski definition) is 5. The summed E-state index contributed by atoms with van der Waals surface area (Å²) in [6.07, 6.45) is 5.49. The second-order valence-corrected chi connectivity index (χ2v) is 5.89. The van der Waals surface area contributed by atoms with Gasteiger partial charge in [-0.05, 0) is 38.7 Å². The Balaban J connectivity index is 1.83. The van der Waals surface area contributed by atoms with E-state index in [4.69, 9.17) is 0 Å². The van der Waals surface area contributed by atoms with Gasteiger partial charge >= 0.3 is 5.97 Å². The van der Waals surface area contributed by atoms with Gasteiger partial charge in [-0.3, -0.25) is 4.79 Å². The first kappa shape index (κ1) is 14.7. The van der Waals surface area contributed by atoms with Crippen LogP contribution in [-0.2, 0) is 4.79 Å². The van der Waals surface area contributed by atoms with E-state index >= 15 is 0 Å². The van der Waals surface area contributed by atoms with Gasteiger partial charge in [-0.15, -0.1) is 0 Å². The third-order valence-electron chi connectivity index (χ3n) is 4.20. The summed E-state index contributed by atoms with van der Waals surface area (Å²) in [4.78, 5) is 36.0. The summed E-state index contributed by atoms with van der Waals surface area (Å²) in [7, 11) is 0. The molecule has 1 amide bonds. The summed E-state index contributed by atoms with van der Waals surface area (Å²) in [5, 5.41) is 9.22. The molecular formula is C15H20N4O3. The Morgan fingerprint density at radius 2 is 2.05 bits per heavy atom. The van der Waals surface area contributed by atoms with E-state index in [0.717, 1.165) is 38.8 Å². The highest BCUT2D eigenvalue weighted by Crippen LogP contribution is 2.30. The average molecular weight is 304 g/mol. The predicted octanol–water partition coefficient (Wildman–Crippen LogP) is 1.15. The van der Waals surface area contributed by atoms with E-state index in [9.17, 15) is 14.7 Å². The SMILES string of the molecule is CC(C(=O)O)N(C(=O)c1ccnc(N2CCCC2)n1)C1CC1. The number of nitrogens with zero attached hydrogens (tertiary/aromatic N) is 4. The average Bonchev–Trinajstić information content (AvgIpc) is 3.19. The van der Waals surface area contributed by atoms with Gasteiger partial charge < -0.3 is 14.9 Å². The number of rotatable bonds is 5. The van der Waals surface area contributed by atoms with Gasteiger partial charge in [0.15, 0.2) is 0 Å². The molecule has 2 heterocycles. The van der Waals surface area contributed by atoms with Crippen molar-refractivity contribution in [3.63, 3.8) is 0 Å². The van der Waals surface area contributed by atoms with Crippen LogP contribution in [0.4, 0.5) is 5.95 Å². The van der Waals surface area contributed by atoms with Crippen molar-refractivity contribution >= 4 is 17.8 Å². The maximum atomic E-state index is 12.7. The van der Waals surface area contributed by atoms with Gasteiger partial charge in [0.05, 0.1) is 0 Å². The Bertz CT molecular complexity index is 582. The van der Waals surface area contributed by atoms with Crippen molar-refractivity contribution < 1.29 is 14.7 Å². The number of amides is 1. The lowest BCUT2D eigenvalue weighted by molar-refractivity contribution is -0.141. The van der Waals surface area contributed by atoms with E-state index in [1.54, 1.807) is 19.2 Å². The topological polar surface area (TPSA) is 86.6 Å². The van der Waals surface area contributed by atoms with Gasteiger partial charge in [0.25, 0.3) is 5.91 Å². The highest BCUT2D eigenvalue weighted by molar-refractivity contribution is 5.95. The second kappa shape index (κ2) is 5.90. The number of aromatic nitrogens is 2. The van der Waals surface area contributed by atoms with Crippen LogP contribution in [0.2, 0.25) is 0 Å². The lowest BCUT2D eigenvalue weighted by Gasteiger charge is -2.26. The molecule has 3 rings (SSSR count). The van der Waals surface area contributed by atoms with Crippen LogP contribution in [0.25, 0.3) is 0 Å². The van der Waals surface area contributed by atoms with Crippen molar-refractivity contribution in [3.8, 4) is 0 Å². The van der Waals surface area contributed by atoms with E-state index in [1.165, 1.54) is 4.90 Å². The van der Waals surface area contributed by atoms with Gasteiger partial charge in [0, 0.05) is 25.3 Å². The zero-order valence-corrected chi connectivity index (χ0v) is 12.6. The van der Waals surface area contributed by atoms with Gasteiger partial charge in [0.1, 0.15) is 11.7 Å². The Morgan fingerprint density at radius 3 is 2.64 bits per heavy atom. The Labute approximate surface area is 129 Å². The predicted molar refractivity (Wildman–Crippen MR) is 79.8 cm³/mol. The molecule has 1 saturated heterocycles. The highest BCUT2D eigenvalue weighted by atomic mass is 16.4. The highest BCUT2D eigenvalue weighted by Gasteiger charge is 2.39. The summed E-state index contributed by atoms with van der Waals surface area (Å²) < 4.78 is 0. The first-order valence-corrected chi connectivity index (χ1v) is 7.71. The fraction of sp³-hybridized carbons (Fsp3) is 0.600. The van der Waals surface area contributed by atoms with Crippen molar-refractivity contribution in [2.24, 2.45) is 0 Å². The van der Waals surface area contributed by atoms with Gasteiger partial charge in [0.2, 0.25) is 5.95 Å². The molecule has 1 aromatic rings. The number of aliphatic carboxylic acids is 1. The normalized spacial score (nSPS) is 19.0. The van der Waals surface area contributed by atoms with Crippen LogP contribution in [0.3, 0.4) is 0 Å². The molecule has 1 unspecified atom stereocenters. The lowest BCUT2D eigenvalue weighted by atomic mass is 10.2. The monoisotopic (exact) mass is 304 g/mol. The van der Waals surface area contributed by atoms with Gasteiger partial charge in [-0.25, -0.2) is 14.8 Å². The van der Waals surface area contributed by atoms with E-state index < -0.39 is 12.0 Å². The maximum absolute atomic E-state index is 12.7. The minimum atomic E-state index is -0.992. The molecule has 1 saturated carbocycles. The molecule has 0 radical (unpaired) electrons.